The fourth-order valence-corrected chi connectivity index (χ4v) is 2.98. The Hall–Kier alpha value is -1.78. The van der Waals surface area contributed by atoms with Crippen LogP contribution < -0.4 is 5.32 Å². The number of carbonyl (C=O) groups excluding carboxylic acids is 1. The molecule has 0 aromatic heterocycles. The third kappa shape index (κ3) is 5.39. The lowest BCUT2D eigenvalue weighted by atomic mass is 9.95. The molecule has 0 unspecified atom stereocenters. The molecule has 0 amide bonds. The monoisotopic (exact) mass is 343 g/mol. The summed E-state index contributed by atoms with van der Waals surface area (Å²) in [6, 6.07) is 15.4. The Morgan fingerprint density at radius 1 is 1.17 bits per heavy atom. The van der Waals surface area contributed by atoms with Gasteiger partial charge in [0.05, 0.1) is 6.54 Å². The van der Waals surface area contributed by atoms with Gasteiger partial charge in [-0.1, -0.05) is 30.3 Å². The number of hydrogen-bond acceptors (Lipinski definition) is 4. The molecule has 0 aliphatic heterocycles. The Balaban J connectivity index is 1.90. The number of benzene rings is 2. The summed E-state index contributed by atoms with van der Waals surface area (Å²) in [7, 11) is 0. The normalized spacial score (nSPS) is 11.5. The molecule has 0 bridgehead atoms. The van der Waals surface area contributed by atoms with E-state index in [0.717, 1.165) is 17.7 Å². The summed E-state index contributed by atoms with van der Waals surface area (Å²) in [6.45, 7) is 4.53. The number of phenolic OH excluding ortho intramolecular Hbond substituents is 1. The topological polar surface area (TPSA) is 49.3 Å². The zero-order valence-corrected chi connectivity index (χ0v) is 15.3. The van der Waals surface area contributed by atoms with Crippen LogP contribution in [0.4, 0.5) is 0 Å². The minimum absolute atomic E-state index is 0.0399. The largest absolute Gasteiger partial charge is 0.507 e. The first-order chi connectivity index (χ1) is 11.4. The molecule has 2 aromatic rings. The van der Waals surface area contributed by atoms with Gasteiger partial charge in [0.25, 0.3) is 0 Å². The van der Waals surface area contributed by atoms with Gasteiger partial charge in [-0.2, -0.15) is 0 Å². The molecule has 0 spiro atoms. The maximum absolute atomic E-state index is 12.4. The van der Waals surface area contributed by atoms with Gasteiger partial charge in [-0.15, -0.1) is 11.8 Å². The Morgan fingerprint density at radius 2 is 1.88 bits per heavy atom. The van der Waals surface area contributed by atoms with Crippen LogP contribution >= 0.6 is 11.8 Å². The summed E-state index contributed by atoms with van der Waals surface area (Å²) >= 11 is 1.43. The van der Waals surface area contributed by atoms with Crippen molar-refractivity contribution in [3.05, 3.63) is 59.7 Å². The van der Waals surface area contributed by atoms with E-state index in [-0.39, 0.29) is 17.1 Å². The zero-order valence-electron chi connectivity index (χ0n) is 14.5. The minimum Gasteiger partial charge on any atom is -0.507 e. The van der Waals surface area contributed by atoms with E-state index in [1.165, 1.54) is 17.3 Å². The molecule has 0 heterocycles. The van der Waals surface area contributed by atoms with Gasteiger partial charge in [0.15, 0.2) is 5.78 Å². The van der Waals surface area contributed by atoms with E-state index in [0.29, 0.717) is 12.1 Å². The van der Waals surface area contributed by atoms with Gasteiger partial charge in [0, 0.05) is 16.0 Å². The van der Waals surface area contributed by atoms with Crippen LogP contribution in [0.5, 0.6) is 5.75 Å². The molecule has 0 radical (unpaired) electrons. The standard InChI is InChI=1S/C20H25NO2S/c1-20(2,12-11-15-7-5-4-6-8-15)21-14-18(23)16-9-10-17(22)19(13-16)24-3/h4-10,13,21-22H,11-12,14H2,1-3H3. The SMILES string of the molecule is CSc1cc(C(=O)CNC(C)(C)CCc2ccccc2)ccc1O. The Morgan fingerprint density at radius 3 is 2.54 bits per heavy atom. The number of aryl methyl sites for hydroxylation is 1. The highest BCUT2D eigenvalue weighted by atomic mass is 32.2. The van der Waals surface area contributed by atoms with Crippen LogP contribution in [0.25, 0.3) is 0 Å². The predicted octanol–water partition coefficient (Wildman–Crippen LogP) is 4.30. The minimum atomic E-state index is -0.120. The van der Waals surface area contributed by atoms with Crippen molar-refractivity contribution in [2.24, 2.45) is 0 Å². The van der Waals surface area contributed by atoms with Crippen LogP contribution in [0.1, 0.15) is 36.2 Å². The van der Waals surface area contributed by atoms with Crippen molar-refractivity contribution in [1.29, 1.82) is 0 Å². The number of rotatable bonds is 8. The lowest BCUT2D eigenvalue weighted by Gasteiger charge is -2.26. The lowest BCUT2D eigenvalue weighted by Crippen LogP contribution is -2.42. The van der Waals surface area contributed by atoms with E-state index in [1.807, 2.05) is 24.5 Å². The number of ketones is 1. The van der Waals surface area contributed by atoms with Crippen molar-refractivity contribution in [2.75, 3.05) is 12.8 Å². The van der Waals surface area contributed by atoms with E-state index in [4.69, 9.17) is 0 Å². The summed E-state index contributed by atoms with van der Waals surface area (Å²) < 4.78 is 0. The van der Waals surface area contributed by atoms with E-state index in [1.54, 1.807) is 18.2 Å². The fourth-order valence-electron chi connectivity index (χ4n) is 2.46. The van der Waals surface area contributed by atoms with E-state index >= 15 is 0 Å². The van der Waals surface area contributed by atoms with Gasteiger partial charge in [-0.05, 0) is 56.7 Å². The van der Waals surface area contributed by atoms with Gasteiger partial charge in [0.2, 0.25) is 0 Å². The van der Waals surface area contributed by atoms with Crippen molar-refractivity contribution >= 4 is 17.5 Å². The fraction of sp³-hybridized carbons (Fsp3) is 0.350. The summed E-state index contributed by atoms with van der Waals surface area (Å²) in [5, 5.41) is 13.1. The summed E-state index contributed by atoms with van der Waals surface area (Å²) in [6.07, 6.45) is 3.81. The van der Waals surface area contributed by atoms with Crippen LogP contribution in [0.3, 0.4) is 0 Å². The summed E-state index contributed by atoms with van der Waals surface area (Å²) in [5.74, 6) is 0.258. The maximum Gasteiger partial charge on any atom is 0.176 e. The second-order valence-corrected chi connectivity index (χ2v) is 7.38. The van der Waals surface area contributed by atoms with E-state index in [9.17, 15) is 9.90 Å². The Labute approximate surface area is 148 Å². The molecule has 2 rings (SSSR count). The molecule has 128 valence electrons. The highest BCUT2D eigenvalue weighted by molar-refractivity contribution is 7.98. The molecule has 3 nitrogen and oxygen atoms in total. The molecule has 2 N–H and O–H groups in total. The molecule has 0 saturated carbocycles. The number of carbonyl (C=O) groups is 1. The van der Waals surface area contributed by atoms with Gasteiger partial charge < -0.3 is 10.4 Å². The average molecular weight is 343 g/mol. The first kappa shape index (κ1) is 18.6. The molecule has 2 aromatic carbocycles. The van der Waals surface area contributed by atoms with Gasteiger partial charge >= 0.3 is 0 Å². The lowest BCUT2D eigenvalue weighted by molar-refractivity contribution is 0.0979. The predicted molar refractivity (Wildman–Crippen MR) is 101 cm³/mol. The summed E-state index contributed by atoms with van der Waals surface area (Å²) in [5.41, 5.74) is 1.82. The van der Waals surface area contributed by atoms with Crippen molar-refractivity contribution in [1.82, 2.24) is 5.32 Å². The van der Waals surface area contributed by atoms with Gasteiger partial charge in [-0.3, -0.25) is 4.79 Å². The highest BCUT2D eigenvalue weighted by Gasteiger charge is 2.19. The Bertz CT molecular complexity index is 683. The molecule has 0 aliphatic rings. The molecule has 0 aliphatic carbocycles. The van der Waals surface area contributed by atoms with Gasteiger partial charge in [0.1, 0.15) is 5.75 Å². The average Bonchev–Trinajstić information content (AvgIpc) is 2.59. The molecule has 4 heteroatoms. The van der Waals surface area contributed by atoms with E-state index in [2.05, 4.69) is 31.3 Å². The van der Waals surface area contributed by atoms with Crippen molar-refractivity contribution < 1.29 is 9.90 Å². The second-order valence-electron chi connectivity index (χ2n) is 6.53. The number of aromatic hydroxyl groups is 1. The molecule has 24 heavy (non-hydrogen) atoms. The van der Waals surface area contributed by atoms with Crippen LogP contribution in [0, 0.1) is 0 Å². The van der Waals surface area contributed by atoms with Gasteiger partial charge in [-0.25, -0.2) is 0 Å². The number of hydrogen-bond donors (Lipinski definition) is 2. The smallest absolute Gasteiger partial charge is 0.176 e. The quantitative estimate of drug-likeness (QED) is 0.554. The number of Topliss-reactive ketones (excluding diaryl/α,β-unsaturated/α-hetero) is 1. The van der Waals surface area contributed by atoms with Crippen LogP contribution in [-0.4, -0.2) is 29.2 Å². The molecular weight excluding hydrogens is 318 g/mol. The maximum atomic E-state index is 12.4. The molecule has 0 saturated heterocycles. The first-order valence-electron chi connectivity index (χ1n) is 8.10. The van der Waals surface area contributed by atoms with Crippen LogP contribution in [-0.2, 0) is 6.42 Å². The number of phenols is 1. The second kappa shape index (κ2) is 8.36. The van der Waals surface area contributed by atoms with Crippen molar-refractivity contribution in [2.45, 2.75) is 37.1 Å². The van der Waals surface area contributed by atoms with Crippen LogP contribution in [0.15, 0.2) is 53.4 Å². The first-order valence-corrected chi connectivity index (χ1v) is 9.33. The van der Waals surface area contributed by atoms with Crippen LogP contribution in [0.2, 0.25) is 0 Å². The number of thioether (sulfide) groups is 1. The third-order valence-electron chi connectivity index (χ3n) is 4.11. The Kier molecular flexibility index (Phi) is 6.46. The zero-order chi connectivity index (χ0) is 17.6. The van der Waals surface area contributed by atoms with Crippen molar-refractivity contribution in [3.8, 4) is 5.75 Å². The molecule has 0 fully saturated rings. The summed E-state index contributed by atoms with van der Waals surface area (Å²) in [4.78, 5) is 13.1. The molecule has 0 atom stereocenters. The van der Waals surface area contributed by atoms with Crippen molar-refractivity contribution in [3.63, 3.8) is 0 Å². The number of nitrogens with one attached hydrogen (secondary N) is 1. The van der Waals surface area contributed by atoms with E-state index < -0.39 is 0 Å². The highest BCUT2D eigenvalue weighted by Crippen LogP contribution is 2.27. The third-order valence-corrected chi connectivity index (χ3v) is 4.88. The molecular formula is C20H25NO2S.